The average molecular weight is 220 g/mol. The summed E-state index contributed by atoms with van der Waals surface area (Å²) in [6.45, 7) is 6.42. The summed E-state index contributed by atoms with van der Waals surface area (Å²) in [5, 5.41) is 9.63. The Balaban J connectivity index is 2.34. The van der Waals surface area contributed by atoms with Crippen molar-refractivity contribution in [2.45, 2.75) is 59.0 Å². The number of aliphatic hydroxyl groups excluding tert-OH is 1. The maximum absolute atomic E-state index is 9.63. The van der Waals surface area contributed by atoms with E-state index in [0.29, 0.717) is 0 Å². The van der Waals surface area contributed by atoms with Crippen LogP contribution in [-0.2, 0) is 6.42 Å². The van der Waals surface area contributed by atoms with Crippen molar-refractivity contribution in [3.8, 4) is 0 Å². The van der Waals surface area contributed by atoms with Gasteiger partial charge in [-0.3, -0.25) is 0 Å². The van der Waals surface area contributed by atoms with Crippen molar-refractivity contribution in [3.63, 3.8) is 0 Å². The van der Waals surface area contributed by atoms with Gasteiger partial charge in [-0.25, -0.2) is 0 Å². The van der Waals surface area contributed by atoms with E-state index in [1.54, 1.807) is 0 Å². The minimum Gasteiger partial charge on any atom is -0.393 e. The highest BCUT2D eigenvalue weighted by Gasteiger charge is 2.03. The summed E-state index contributed by atoms with van der Waals surface area (Å²) >= 11 is 0. The monoisotopic (exact) mass is 220 g/mol. The SMILES string of the molecule is CCCC(O)CCCc1ccc(C)c(C)c1. The molecule has 0 saturated heterocycles. The van der Waals surface area contributed by atoms with Gasteiger partial charge in [-0.15, -0.1) is 0 Å². The third-order valence-corrected chi connectivity index (χ3v) is 3.20. The molecule has 1 aromatic rings. The van der Waals surface area contributed by atoms with E-state index in [1.165, 1.54) is 16.7 Å². The van der Waals surface area contributed by atoms with E-state index in [-0.39, 0.29) is 6.10 Å². The Morgan fingerprint density at radius 1 is 1.12 bits per heavy atom. The van der Waals surface area contributed by atoms with Gasteiger partial charge in [-0.1, -0.05) is 31.5 Å². The molecule has 1 heteroatoms. The fraction of sp³-hybridized carbons (Fsp3) is 0.600. The minimum atomic E-state index is -0.100. The predicted octanol–water partition coefficient (Wildman–Crippen LogP) is 3.79. The van der Waals surface area contributed by atoms with Crippen LogP contribution in [0.4, 0.5) is 0 Å². The molecule has 0 fully saturated rings. The van der Waals surface area contributed by atoms with Crippen LogP contribution in [0.25, 0.3) is 0 Å². The van der Waals surface area contributed by atoms with Crippen molar-refractivity contribution in [1.82, 2.24) is 0 Å². The standard InChI is InChI=1S/C15H24O/c1-4-6-15(16)8-5-7-14-10-9-12(2)13(3)11-14/h9-11,15-16H,4-8H2,1-3H3. The molecule has 0 aliphatic rings. The number of benzene rings is 1. The molecule has 0 aliphatic carbocycles. The summed E-state index contributed by atoms with van der Waals surface area (Å²) in [6, 6.07) is 6.66. The first kappa shape index (κ1) is 13.2. The third-order valence-electron chi connectivity index (χ3n) is 3.20. The molecule has 0 spiro atoms. The molecular weight excluding hydrogens is 196 g/mol. The Kier molecular flexibility index (Phi) is 5.54. The quantitative estimate of drug-likeness (QED) is 0.773. The highest BCUT2D eigenvalue weighted by molar-refractivity contribution is 5.29. The summed E-state index contributed by atoms with van der Waals surface area (Å²) in [7, 11) is 0. The first-order valence-corrected chi connectivity index (χ1v) is 6.37. The normalized spacial score (nSPS) is 12.8. The smallest absolute Gasteiger partial charge is 0.0540 e. The van der Waals surface area contributed by atoms with Crippen LogP contribution in [0.5, 0.6) is 0 Å². The Morgan fingerprint density at radius 2 is 1.88 bits per heavy atom. The topological polar surface area (TPSA) is 20.2 Å². The van der Waals surface area contributed by atoms with Crippen LogP contribution in [0, 0.1) is 13.8 Å². The molecule has 0 heterocycles. The highest BCUT2D eigenvalue weighted by atomic mass is 16.3. The van der Waals surface area contributed by atoms with E-state index in [1.807, 2.05) is 0 Å². The summed E-state index contributed by atoms with van der Waals surface area (Å²) in [6.07, 6.45) is 5.01. The first-order valence-electron chi connectivity index (χ1n) is 6.37. The summed E-state index contributed by atoms with van der Waals surface area (Å²) in [5.74, 6) is 0. The van der Waals surface area contributed by atoms with E-state index in [0.717, 1.165) is 32.1 Å². The van der Waals surface area contributed by atoms with E-state index >= 15 is 0 Å². The Labute approximate surface area is 99.5 Å². The van der Waals surface area contributed by atoms with E-state index < -0.39 is 0 Å². The molecule has 1 unspecified atom stereocenters. The van der Waals surface area contributed by atoms with Crippen LogP contribution in [0.2, 0.25) is 0 Å². The van der Waals surface area contributed by atoms with Gasteiger partial charge in [-0.2, -0.15) is 0 Å². The Bertz CT molecular complexity index is 317. The molecule has 1 aromatic carbocycles. The van der Waals surface area contributed by atoms with Gasteiger partial charge >= 0.3 is 0 Å². The van der Waals surface area contributed by atoms with Gasteiger partial charge in [0.05, 0.1) is 6.10 Å². The Hall–Kier alpha value is -0.820. The lowest BCUT2D eigenvalue weighted by Crippen LogP contribution is -2.05. The first-order chi connectivity index (χ1) is 7.63. The zero-order valence-corrected chi connectivity index (χ0v) is 10.8. The van der Waals surface area contributed by atoms with Crippen LogP contribution >= 0.6 is 0 Å². The lowest BCUT2D eigenvalue weighted by molar-refractivity contribution is 0.151. The minimum absolute atomic E-state index is 0.100. The maximum atomic E-state index is 9.63. The number of aliphatic hydroxyl groups is 1. The van der Waals surface area contributed by atoms with E-state index in [4.69, 9.17) is 0 Å². The zero-order chi connectivity index (χ0) is 12.0. The van der Waals surface area contributed by atoms with Gasteiger partial charge in [0.2, 0.25) is 0 Å². The Morgan fingerprint density at radius 3 is 2.50 bits per heavy atom. The number of hydrogen-bond donors (Lipinski definition) is 1. The lowest BCUT2D eigenvalue weighted by atomic mass is 10.0. The van der Waals surface area contributed by atoms with Gasteiger partial charge in [0.15, 0.2) is 0 Å². The predicted molar refractivity (Wildman–Crippen MR) is 69.8 cm³/mol. The van der Waals surface area contributed by atoms with Crippen molar-refractivity contribution < 1.29 is 5.11 Å². The van der Waals surface area contributed by atoms with Gasteiger partial charge in [-0.05, 0) is 56.2 Å². The van der Waals surface area contributed by atoms with Crippen LogP contribution in [0.15, 0.2) is 18.2 Å². The van der Waals surface area contributed by atoms with E-state index in [9.17, 15) is 5.11 Å². The van der Waals surface area contributed by atoms with Crippen molar-refractivity contribution in [1.29, 1.82) is 0 Å². The summed E-state index contributed by atoms with van der Waals surface area (Å²) in [4.78, 5) is 0. The molecule has 0 radical (unpaired) electrons. The highest BCUT2D eigenvalue weighted by Crippen LogP contribution is 2.13. The summed E-state index contributed by atoms with van der Waals surface area (Å²) in [5.41, 5.74) is 4.12. The largest absolute Gasteiger partial charge is 0.393 e. The van der Waals surface area contributed by atoms with Gasteiger partial charge in [0, 0.05) is 0 Å². The van der Waals surface area contributed by atoms with Crippen molar-refractivity contribution in [2.24, 2.45) is 0 Å². The van der Waals surface area contributed by atoms with Crippen LogP contribution < -0.4 is 0 Å². The second-order valence-corrected chi connectivity index (χ2v) is 4.75. The average Bonchev–Trinajstić information content (AvgIpc) is 2.24. The lowest BCUT2D eigenvalue weighted by Gasteiger charge is -2.09. The van der Waals surface area contributed by atoms with Crippen LogP contribution in [0.1, 0.15) is 49.3 Å². The molecule has 1 atom stereocenters. The molecule has 0 amide bonds. The van der Waals surface area contributed by atoms with Crippen molar-refractivity contribution in [3.05, 3.63) is 34.9 Å². The third kappa shape index (κ3) is 4.36. The molecule has 16 heavy (non-hydrogen) atoms. The van der Waals surface area contributed by atoms with Crippen molar-refractivity contribution in [2.75, 3.05) is 0 Å². The van der Waals surface area contributed by atoms with Gasteiger partial charge < -0.3 is 5.11 Å². The van der Waals surface area contributed by atoms with Crippen LogP contribution in [-0.4, -0.2) is 11.2 Å². The van der Waals surface area contributed by atoms with E-state index in [2.05, 4.69) is 39.0 Å². The fourth-order valence-electron chi connectivity index (χ4n) is 1.98. The molecule has 1 rings (SSSR count). The molecule has 0 saturated carbocycles. The molecule has 90 valence electrons. The second kappa shape index (κ2) is 6.70. The number of aryl methyl sites for hydroxylation is 3. The molecule has 1 N–H and O–H groups in total. The van der Waals surface area contributed by atoms with Crippen molar-refractivity contribution >= 4 is 0 Å². The maximum Gasteiger partial charge on any atom is 0.0540 e. The molecule has 1 nitrogen and oxygen atoms in total. The molecule has 0 aromatic heterocycles. The zero-order valence-electron chi connectivity index (χ0n) is 10.8. The molecular formula is C15H24O. The van der Waals surface area contributed by atoms with Crippen LogP contribution in [0.3, 0.4) is 0 Å². The second-order valence-electron chi connectivity index (χ2n) is 4.75. The van der Waals surface area contributed by atoms with Gasteiger partial charge in [0.25, 0.3) is 0 Å². The number of rotatable bonds is 6. The molecule has 0 aliphatic heterocycles. The fourth-order valence-corrected chi connectivity index (χ4v) is 1.98. The molecule has 0 bridgehead atoms. The number of hydrogen-bond acceptors (Lipinski definition) is 1. The van der Waals surface area contributed by atoms with Gasteiger partial charge in [0.1, 0.15) is 0 Å². The summed E-state index contributed by atoms with van der Waals surface area (Å²) < 4.78 is 0.